The lowest BCUT2D eigenvalue weighted by molar-refractivity contribution is -0.526. The monoisotopic (exact) mass is 230 g/mol. The number of nitrogens with one attached hydrogen (secondary N) is 1. The molecule has 16 heavy (non-hydrogen) atoms. The van der Waals surface area contributed by atoms with Gasteiger partial charge in [-0.05, 0) is 0 Å². The number of hydrogen-bond donors (Lipinski definition) is 2. The van der Waals surface area contributed by atoms with Crippen molar-refractivity contribution in [1.82, 2.24) is 5.32 Å². The Hall–Kier alpha value is -1.25. The maximum absolute atomic E-state index is 11.5. The minimum Gasteiger partial charge on any atom is -0.366 e. The molecule has 1 amide bonds. The molecule has 0 spiro atoms. The second-order valence-electron chi connectivity index (χ2n) is 4.35. The summed E-state index contributed by atoms with van der Waals surface area (Å²) in [6, 6.07) is -1.37. The van der Waals surface area contributed by atoms with Crippen LogP contribution in [0.1, 0.15) is 6.42 Å². The van der Waals surface area contributed by atoms with Crippen LogP contribution in [0.25, 0.3) is 0 Å². The number of amides is 1. The third-order valence-electron chi connectivity index (χ3n) is 3.37. The van der Waals surface area contributed by atoms with Gasteiger partial charge in [-0.3, -0.25) is 14.9 Å². The molecule has 0 aliphatic carbocycles. The van der Waals surface area contributed by atoms with Gasteiger partial charge in [0.25, 0.3) is 11.9 Å². The third-order valence-corrected chi connectivity index (χ3v) is 3.37. The van der Waals surface area contributed by atoms with Gasteiger partial charge >= 0.3 is 0 Å². The summed E-state index contributed by atoms with van der Waals surface area (Å²) in [6.45, 7) is 0.178. The average Bonchev–Trinajstić information content (AvgIpc) is 2.60. The Kier molecular flexibility index (Phi) is 1.80. The van der Waals surface area contributed by atoms with E-state index in [0.717, 1.165) is 0 Å². The van der Waals surface area contributed by atoms with Gasteiger partial charge in [-0.1, -0.05) is 0 Å². The van der Waals surface area contributed by atoms with E-state index in [-0.39, 0.29) is 13.0 Å². The molecule has 4 bridgehead atoms. The summed E-state index contributed by atoms with van der Waals surface area (Å²) in [5.41, 5.74) is -1.62. The molecular weight excluding hydrogens is 220 g/mol. The highest BCUT2D eigenvalue weighted by molar-refractivity contribution is 5.82. The van der Waals surface area contributed by atoms with Crippen molar-refractivity contribution in [3.05, 3.63) is 10.1 Å². The van der Waals surface area contributed by atoms with Gasteiger partial charge in [0, 0.05) is 11.3 Å². The number of aliphatic hydroxyl groups is 1. The molecule has 5 atom stereocenters. The molecule has 0 unspecified atom stereocenters. The number of piperidine rings is 1. The maximum atomic E-state index is 11.5. The van der Waals surface area contributed by atoms with Crippen LogP contribution in [0.3, 0.4) is 0 Å². The number of carbonyl (C=O) groups is 1. The predicted molar refractivity (Wildman–Crippen MR) is 46.6 cm³/mol. The lowest BCUT2D eigenvalue weighted by Crippen LogP contribution is -2.70. The smallest absolute Gasteiger partial charge is 0.297 e. The molecular formula is C8H10N2O6. The fraction of sp³-hybridized carbons (Fsp3) is 0.875. The van der Waals surface area contributed by atoms with E-state index in [4.69, 9.17) is 9.47 Å². The lowest BCUT2D eigenvalue weighted by atomic mass is 9.80. The van der Waals surface area contributed by atoms with Gasteiger partial charge in [0.05, 0.1) is 18.6 Å². The van der Waals surface area contributed by atoms with Crippen molar-refractivity contribution in [2.75, 3.05) is 6.61 Å². The first-order valence-corrected chi connectivity index (χ1v) is 4.96. The number of carbonyl (C=O) groups excluding carboxylic acids is 1. The Labute approximate surface area is 89.7 Å². The van der Waals surface area contributed by atoms with E-state index in [2.05, 4.69) is 5.32 Å². The van der Waals surface area contributed by atoms with Crippen LogP contribution >= 0.6 is 0 Å². The molecule has 3 saturated heterocycles. The highest BCUT2D eigenvalue weighted by Gasteiger charge is 2.63. The van der Waals surface area contributed by atoms with Crippen LogP contribution in [-0.2, 0) is 14.3 Å². The van der Waals surface area contributed by atoms with Crippen molar-refractivity contribution >= 4 is 5.91 Å². The summed E-state index contributed by atoms with van der Waals surface area (Å²) in [7, 11) is 0. The summed E-state index contributed by atoms with van der Waals surface area (Å²) < 4.78 is 10.5. The number of ether oxygens (including phenoxy) is 2. The minimum atomic E-state index is -1.62. The van der Waals surface area contributed by atoms with Crippen LogP contribution in [0.15, 0.2) is 0 Å². The molecule has 0 saturated carbocycles. The molecule has 8 heteroatoms. The largest absolute Gasteiger partial charge is 0.366 e. The van der Waals surface area contributed by atoms with E-state index >= 15 is 0 Å². The first-order chi connectivity index (χ1) is 7.51. The van der Waals surface area contributed by atoms with E-state index in [1.807, 2.05) is 0 Å². The summed E-state index contributed by atoms with van der Waals surface area (Å²) in [5, 5.41) is 23.1. The molecule has 3 rings (SSSR count). The molecule has 3 fully saturated rings. The van der Waals surface area contributed by atoms with E-state index in [0.29, 0.717) is 0 Å². The SMILES string of the molecule is O=C1N[C@]2(O)C[C@H]([C@@H]3CO[C@@H]2O3)[C@H]1[N+](=O)[O-]. The normalized spacial score (nSPS) is 49.9. The molecule has 0 aromatic carbocycles. The van der Waals surface area contributed by atoms with Crippen molar-refractivity contribution in [3.8, 4) is 0 Å². The molecule has 3 aliphatic rings. The van der Waals surface area contributed by atoms with Gasteiger partial charge in [-0.2, -0.15) is 0 Å². The Morgan fingerprint density at radius 3 is 3.06 bits per heavy atom. The van der Waals surface area contributed by atoms with Crippen molar-refractivity contribution < 1.29 is 24.3 Å². The fourth-order valence-corrected chi connectivity index (χ4v) is 2.64. The van der Waals surface area contributed by atoms with E-state index in [1.54, 1.807) is 0 Å². The minimum absolute atomic E-state index is 0.0969. The number of nitrogens with zero attached hydrogens (tertiary/aromatic N) is 1. The van der Waals surface area contributed by atoms with E-state index in [9.17, 15) is 20.0 Å². The average molecular weight is 230 g/mol. The second-order valence-corrected chi connectivity index (χ2v) is 4.35. The number of nitro groups is 1. The van der Waals surface area contributed by atoms with Gasteiger partial charge in [0.2, 0.25) is 6.29 Å². The van der Waals surface area contributed by atoms with E-state index in [1.165, 1.54) is 0 Å². The number of fused-ring (bicyclic) bond motifs is 6. The summed E-state index contributed by atoms with van der Waals surface area (Å²) in [4.78, 5) is 21.7. The number of rotatable bonds is 1. The summed E-state index contributed by atoms with van der Waals surface area (Å²) >= 11 is 0. The van der Waals surface area contributed by atoms with E-state index < -0.39 is 40.9 Å². The molecule has 0 aromatic rings. The van der Waals surface area contributed by atoms with Gasteiger partial charge < -0.3 is 19.9 Å². The Morgan fingerprint density at radius 2 is 2.38 bits per heavy atom. The van der Waals surface area contributed by atoms with Gasteiger partial charge in [-0.15, -0.1) is 0 Å². The predicted octanol–water partition coefficient (Wildman–Crippen LogP) is -1.79. The van der Waals surface area contributed by atoms with Crippen molar-refractivity contribution in [1.29, 1.82) is 0 Å². The van der Waals surface area contributed by atoms with Crippen LogP contribution < -0.4 is 5.32 Å². The van der Waals surface area contributed by atoms with Gasteiger partial charge in [0.1, 0.15) is 0 Å². The standard InChI is InChI=1S/C8H10N2O6/c11-6-5(10(13)14)3-1-8(12,9-6)7-15-2-4(3)16-7/h3-5,7,12H,1-2H2,(H,9,11)/t3-,4+,5-,7-,8+/m1/s1. The zero-order chi connectivity index (χ0) is 11.5. The molecule has 2 N–H and O–H groups in total. The Balaban J connectivity index is 1.99. The quantitative estimate of drug-likeness (QED) is 0.406. The molecule has 0 radical (unpaired) electrons. The first kappa shape index (κ1) is 9.94. The highest BCUT2D eigenvalue weighted by atomic mass is 16.7. The number of hydrogen-bond acceptors (Lipinski definition) is 6. The Morgan fingerprint density at radius 1 is 1.62 bits per heavy atom. The zero-order valence-corrected chi connectivity index (χ0v) is 8.16. The molecule has 3 aliphatic heterocycles. The highest BCUT2D eigenvalue weighted by Crippen LogP contribution is 2.42. The molecule has 8 nitrogen and oxygen atoms in total. The van der Waals surface area contributed by atoms with Crippen molar-refractivity contribution in [2.24, 2.45) is 5.92 Å². The van der Waals surface area contributed by atoms with Crippen molar-refractivity contribution in [3.63, 3.8) is 0 Å². The van der Waals surface area contributed by atoms with Crippen LogP contribution in [-0.4, -0.2) is 46.7 Å². The molecule has 0 aromatic heterocycles. The van der Waals surface area contributed by atoms with Crippen LogP contribution in [0.4, 0.5) is 0 Å². The van der Waals surface area contributed by atoms with Crippen LogP contribution in [0.5, 0.6) is 0 Å². The van der Waals surface area contributed by atoms with Crippen LogP contribution in [0, 0.1) is 16.0 Å². The molecule has 88 valence electrons. The lowest BCUT2D eigenvalue weighted by Gasteiger charge is -2.44. The van der Waals surface area contributed by atoms with Crippen LogP contribution in [0.2, 0.25) is 0 Å². The first-order valence-electron chi connectivity index (χ1n) is 4.96. The zero-order valence-electron chi connectivity index (χ0n) is 8.16. The molecule has 3 heterocycles. The second kappa shape index (κ2) is 2.90. The third kappa shape index (κ3) is 1.11. The van der Waals surface area contributed by atoms with Gasteiger partial charge in [0.15, 0.2) is 5.72 Å². The fourth-order valence-electron chi connectivity index (χ4n) is 2.64. The maximum Gasteiger partial charge on any atom is 0.297 e. The summed E-state index contributed by atoms with van der Waals surface area (Å²) in [5.74, 6) is -1.40. The topological polar surface area (TPSA) is 111 Å². The van der Waals surface area contributed by atoms with Crippen molar-refractivity contribution in [2.45, 2.75) is 30.6 Å². The summed E-state index contributed by atoms with van der Waals surface area (Å²) in [6.07, 6.45) is -1.29. The Bertz CT molecular complexity index is 374. The van der Waals surface area contributed by atoms with Gasteiger partial charge in [-0.25, -0.2) is 0 Å².